The van der Waals surface area contributed by atoms with Gasteiger partial charge in [-0.15, -0.1) is 0 Å². The number of rotatable bonds is 3. The fourth-order valence-corrected chi connectivity index (χ4v) is 4.07. The molecule has 1 aromatic carbocycles. The quantitative estimate of drug-likeness (QED) is 0.928. The van der Waals surface area contributed by atoms with E-state index >= 15 is 0 Å². The summed E-state index contributed by atoms with van der Waals surface area (Å²) in [7, 11) is 0. The van der Waals surface area contributed by atoms with Crippen LogP contribution in [0, 0.1) is 5.41 Å². The number of amides is 1. The van der Waals surface area contributed by atoms with Gasteiger partial charge in [-0.25, -0.2) is 0 Å². The van der Waals surface area contributed by atoms with Crippen LogP contribution in [-0.4, -0.2) is 47.9 Å². The van der Waals surface area contributed by atoms with Crippen LogP contribution in [0.4, 0.5) is 0 Å². The van der Waals surface area contributed by atoms with Gasteiger partial charge < -0.3 is 10.6 Å². The van der Waals surface area contributed by atoms with E-state index in [0.29, 0.717) is 0 Å². The first kappa shape index (κ1) is 17.4. The van der Waals surface area contributed by atoms with Crippen molar-refractivity contribution in [3.63, 3.8) is 0 Å². The molecule has 4 heteroatoms. The molecule has 0 bridgehead atoms. The number of hydrogen-bond donors (Lipinski definition) is 1. The zero-order valence-electron chi connectivity index (χ0n) is 15.1. The normalized spacial score (nSPS) is 26.1. The van der Waals surface area contributed by atoms with E-state index in [4.69, 9.17) is 5.73 Å². The van der Waals surface area contributed by atoms with Crippen molar-refractivity contribution in [3.05, 3.63) is 35.9 Å². The molecule has 0 saturated carbocycles. The van der Waals surface area contributed by atoms with Crippen LogP contribution in [0.25, 0.3) is 0 Å². The van der Waals surface area contributed by atoms with Gasteiger partial charge >= 0.3 is 0 Å². The van der Waals surface area contributed by atoms with Crippen molar-refractivity contribution in [1.82, 2.24) is 9.80 Å². The summed E-state index contributed by atoms with van der Waals surface area (Å²) in [4.78, 5) is 17.8. The third-order valence-electron chi connectivity index (χ3n) is 5.72. The van der Waals surface area contributed by atoms with Crippen molar-refractivity contribution >= 4 is 5.91 Å². The molecular formula is C20H31N3O. The number of likely N-dealkylation sites (tertiary alicyclic amines) is 2. The molecule has 0 radical (unpaired) electrons. The highest BCUT2D eigenvalue weighted by molar-refractivity contribution is 5.83. The first-order chi connectivity index (χ1) is 11.5. The monoisotopic (exact) mass is 329 g/mol. The molecule has 2 atom stereocenters. The number of benzene rings is 1. The molecule has 24 heavy (non-hydrogen) atoms. The van der Waals surface area contributed by atoms with Crippen LogP contribution in [0.2, 0.25) is 0 Å². The maximum atomic E-state index is 13.3. The Labute approximate surface area is 146 Å². The fraction of sp³-hybridized carbons (Fsp3) is 0.650. The molecule has 2 unspecified atom stereocenters. The summed E-state index contributed by atoms with van der Waals surface area (Å²) in [5, 5.41) is 0. The van der Waals surface area contributed by atoms with Gasteiger partial charge in [0.1, 0.15) is 6.04 Å². The summed E-state index contributed by atoms with van der Waals surface area (Å²) >= 11 is 0. The van der Waals surface area contributed by atoms with Crippen LogP contribution in [0.15, 0.2) is 30.3 Å². The fourth-order valence-electron chi connectivity index (χ4n) is 4.07. The van der Waals surface area contributed by atoms with Gasteiger partial charge in [-0.05, 0) is 36.7 Å². The van der Waals surface area contributed by atoms with Crippen molar-refractivity contribution < 1.29 is 4.79 Å². The highest BCUT2D eigenvalue weighted by atomic mass is 16.2. The van der Waals surface area contributed by atoms with Crippen molar-refractivity contribution in [1.29, 1.82) is 0 Å². The van der Waals surface area contributed by atoms with Crippen LogP contribution in [0.5, 0.6) is 0 Å². The Morgan fingerprint density at radius 3 is 2.42 bits per heavy atom. The molecule has 3 rings (SSSR count). The minimum absolute atomic E-state index is 0.0352. The molecule has 1 amide bonds. The SMILES string of the molecule is CC1(C)CN(C(C(=O)N2CCCCC2)c2ccccc2)CCC1N. The summed E-state index contributed by atoms with van der Waals surface area (Å²) in [6.07, 6.45) is 4.45. The molecule has 132 valence electrons. The molecule has 2 heterocycles. The minimum atomic E-state index is -0.170. The average molecular weight is 329 g/mol. The predicted octanol–water partition coefficient (Wildman–Crippen LogP) is 2.80. The number of piperidine rings is 2. The van der Waals surface area contributed by atoms with Gasteiger partial charge in [-0.3, -0.25) is 9.69 Å². The Balaban J connectivity index is 1.86. The molecule has 2 saturated heterocycles. The topological polar surface area (TPSA) is 49.6 Å². The van der Waals surface area contributed by atoms with Crippen LogP contribution in [0.3, 0.4) is 0 Å². The molecular weight excluding hydrogens is 298 g/mol. The van der Waals surface area contributed by atoms with E-state index < -0.39 is 0 Å². The maximum Gasteiger partial charge on any atom is 0.244 e. The number of nitrogens with zero attached hydrogens (tertiary/aromatic N) is 2. The Bertz CT molecular complexity index is 551. The molecule has 0 aromatic heterocycles. The lowest BCUT2D eigenvalue weighted by molar-refractivity contribution is -0.139. The van der Waals surface area contributed by atoms with Gasteiger partial charge in [0.05, 0.1) is 0 Å². The van der Waals surface area contributed by atoms with Crippen LogP contribution < -0.4 is 5.73 Å². The summed E-state index contributed by atoms with van der Waals surface area (Å²) in [6.45, 7) is 8.00. The second-order valence-electron chi connectivity index (χ2n) is 8.05. The third-order valence-corrected chi connectivity index (χ3v) is 5.72. The first-order valence-electron chi connectivity index (χ1n) is 9.32. The van der Waals surface area contributed by atoms with E-state index in [1.54, 1.807) is 0 Å². The highest BCUT2D eigenvalue weighted by Gasteiger charge is 2.40. The average Bonchev–Trinajstić information content (AvgIpc) is 2.60. The number of nitrogens with two attached hydrogens (primary N) is 1. The lowest BCUT2D eigenvalue weighted by atomic mass is 9.79. The van der Waals surface area contributed by atoms with Crippen LogP contribution in [0.1, 0.15) is 51.1 Å². The maximum absolute atomic E-state index is 13.3. The number of hydrogen-bond acceptors (Lipinski definition) is 3. The summed E-state index contributed by atoms with van der Waals surface area (Å²) in [6, 6.07) is 10.3. The van der Waals surface area contributed by atoms with E-state index in [2.05, 4.69) is 35.8 Å². The highest BCUT2D eigenvalue weighted by Crippen LogP contribution is 2.34. The van der Waals surface area contributed by atoms with Crippen LogP contribution >= 0.6 is 0 Å². The van der Waals surface area contributed by atoms with E-state index in [0.717, 1.165) is 51.0 Å². The summed E-state index contributed by atoms with van der Waals surface area (Å²) < 4.78 is 0. The Hall–Kier alpha value is -1.39. The van der Waals surface area contributed by atoms with E-state index in [1.165, 1.54) is 6.42 Å². The van der Waals surface area contributed by atoms with Crippen molar-refractivity contribution in [2.75, 3.05) is 26.2 Å². The van der Waals surface area contributed by atoms with Crippen LogP contribution in [-0.2, 0) is 4.79 Å². The number of carbonyl (C=O) groups is 1. The van der Waals surface area contributed by atoms with Gasteiger partial charge in [0.15, 0.2) is 0 Å². The van der Waals surface area contributed by atoms with Crippen molar-refractivity contribution in [2.45, 2.75) is 51.6 Å². The Morgan fingerprint density at radius 1 is 1.12 bits per heavy atom. The third kappa shape index (κ3) is 3.65. The predicted molar refractivity (Wildman–Crippen MR) is 97.6 cm³/mol. The first-order valence-corrected chi connectivity index (χ1v) is 9.32. The molecule has 2 aliphatic rings. The van der Waals surface area contributed by atoms with Crippen molar-refractivity contribution in [3.8, 4) is 0 Å². The molecule has 2 N–H and O–H groups in total. The Morgan fingerprint density at radius 2 is 1.79 bits per heavy atom. The van der Waals surface area contributed by atoms with Gasteiger partial charge in [0, 0.05) is 32.2 Å². The minimum Gasteiger partial charge on any atom is -0.341 e. The van der Waals surface area contributed by atoms with E-state index in [9.17, 15) is 4.79 Å². The standard InChI is InChI=1S/C20H31N3O/c1-20(2)15-23(14-11-17(20)21)18(16-9-5-3-6-10-16)19(24)22-12-7-4-8-13-22/h3,5-6,9-10,17-18H,4,7-8,11-15,21H2,1-2H3. The van der Waals surface area contributed by atoms with Gasteiger partial charge in [-0.1, -0.05) is 44.2 Å². The molecule has 0 aliphatic carbocycles. The lowest BCUT2D eigenvalue weighted by Gasteiger charge is -2.46. The smallest absolute Gasteiger partial charge is 0.244 e. The van der Waals surface area contributed by atoms with Gasteiger partial charge in [0.2, 0.25) is 5.91 Å². The molecule has 2 fully saturated rings. The zero-order chi connectivity index (χ0) is 17.2. The number of carbonyl (C=O) groups excluding carboxylic acids is 1. The molecule has 0 spiro atoms. The van der Waals surface area contributed by atoms with E-state index in [-0.39, 0.29) is 23.4 Å². The van der Waals surface area contributed by atoms with Gasteiger partial charge in [-0.2, -0.15) is 0 Å². The van der Waals surface area contributed by atoms with Crippen molar-refractivity contribution in [2.24, 2.45) is 11.1 Å². The second kappa shape index (κ2) is 7.24. The van der Waals surface area contributed by atoms with Gasteiger partial charge in [0.25, 0.3) is 0 Å². The molecule has 4 nitrogen and oxygen atoms in total. The van der Waals surface area contributed by atoms with E-state index in [1.807, 2.05) is 18.2 Å². The summed E-state index contributed by atoms with van der Waals surface area (Å²) in [5.41, 5.74) is 7.46. The molecule has 2 aliphatic heterocycles. The lowest BCUT2D eigenvalue weighted by Crippen LogP contribution is -2.55. The largest absolute Gasteiger partial charge is 0.341 e. The Kier molecular flexibility index (Phi) is 5.26. The second-order valence-corrected chi connectivity index (χ2v) is 8.05. The summed E-state index contributed by atoms with van der Waals surface area (Å²) in [5.74, 6) is 0.271. The molecule has 1 aromatic rings. The zero-order valence-corrected chi connectivity index (χ0v) is 15.1.